The van der Waals surface area contributed by atoms with Crippen molar-refractivity contribution in [3.05, 3.63) is 40.0 Å². The van der Waals surface area contributed by atoms with Crippen LogP contribution in [0.25, 0.3) is 10.4 Å². The zero-order valence-electron chi connectivity index (χ0n) is 13.0. The number of nitrogens with zero attached hydrogens (tertiary/aromatic N) is 2. The monoisotopic (exact) mass is 361 g/mol. The zero-order chi connectivity index (χ0) is 17.0. The lowest BCUT2D eigenvalue weighted by Gasteiger charge is -2.24. The molecule has 1 aliphatic heterocycles. The number of thiazole rings is 1. The zero-order valence-corrected chi connectivity index (χ0v) is 14.6. The van der Waals surface area contributed by atoms with Gasteiger partial charge in [0.2, 0.25) is 5.91 Å². The van der Waals surface area contributed by atoms with Crippen molar-refractivity contribution in [2.24, 2.45) is 11.7 Å². The number of primary amides is 1. The van der Waals surface area contributed by atoms with Gasteiger partial charge in [-0.05, 0) is 43.4 Å². The molecule has 2 aliphatic rings. The van der Waals surface area contributed by atoms with Crippen LogP contribution >= 0.6 is 22.9 Å². The Morgan fingerprint density at radius 2 is 2.17 bits per heavy atom. The van der Waals surface area contributed by atoms with Gasteiger partial charge in [-0.3, -0.25) is 9.59 Å². The van der Waals surface area contributed by atoms with E-state index in [4.69, 9.17) is 17.3 Å². The molecule has 5 nitrogen and oxygen atoms in total. The molecule has 24 heavy (non-hydrogen) atoms. The molecule has 0 spiro atoms. The van der Waals surface area contributed by atoms with Crippen LogP contribution in [-0.4, -0.2) is 33.8 Å². The normalized spacial score (nSPS) is 24.8. The van der Waals surface area contributed by atoms with Gasteiger partial charge in [-0.25, -0.2) is 4.98 Å². The van der Waals surface area contributed by atoms with Crippen molar-refractivity contribution >= 4 is 34.8 Å². The van der Waals surface area contributed by atoms with Crippen LogP contribution in [-0.2, 0) is 4.79 Å². The van der Waals surface area contributed by atoms with E-state index in [2.05, 4.69) is 4.98 Å². The number of amides is 2. The number of benzene rings is 1. The number of hydrogen-bond acceptors (Lipinski definition) is 4. The average Bonchev–Trinajstić information content (AvgIpc) is 3.02. The van der Waals surface area contributed by atoms with E-state index in [1.807, 2.05) is 25.1 Å². The lowest BCUT2D eigenvalue weighted by atomic mass is 10.1. The number of aromatic nitrogens is 1. The summed E-state index contributed by atoms with van der Waals surface area (Å²) in [5, 5.41) is 1.41. The maximum Gasteiger partial charge on any atom is 0.274 e. The van der Waals surface area contributed by atoms with Crippen molar-refractivity contribution < 1.29 is 9.59 Å². The smallest absolute Gasteiger partial charge is 0.274 e. The predicted octanol–water partition coefficient (Wildman–Crippen LogP) is 2.86. The minimum Gasteiger partial charge on any atom is -0.368 e. The summed E-state index contributed by atoms with van der Waals surface area (Å²) in [4.78, 5) is 31.7. The predicted molar refractivity (Wildman–Crippen MR) is 93.0 cm³/mol. The molecule has 2 fully saturated rings. The Bertz CT molecular complexity index is 850. The van der Waals surface area contributed by atoms with Crippen molar-refractivity contribution in [1.82, 2.24) is 9.88 Å². The van der Waals surface area contributed by atoms with E-state index in [0.717, 1.165) is 21.9 Å². The topological polar surface area (TPSA) is 76.3 Å². The first-order chi connectivity index (χ1) is 11.5. The second-order valence-corrected chi connectivity index (χ2v) is 7.99. The second kappa shape index (κ2) is 5.57. The maximum atomic E-state index is 13.1. The van der Waals surface area contributed by atoms with Crippen LogP contribution in [0.3, 0.4) is 0 Å². The highest BCUT2D eigenvalue weighted by molar-refractivity contribution is 7.15. The highest BCUT2D eigenvalue weighted by Gasteiger charge is 2.56. The molecule has 1 aliphatic carbocycles. The first-order valence-corrected chi connectivity index (χ1v) is 9.00. The van der Waals surface area contributed by atoms with Gasteiger partial charge in [0.15, 0.2) is 0 Å². The fourth-order valence-corrected chi connectivity index (χ4v) is 4.62. The number of rotatable bonds is 3. The van der Waals surface area contributed by atoms with Crippen molar-refractivity contribution in [3.63, 3.8) is 0 Å². The number of aryl methyl sites for hydroxylation is 1. The maximum absolute atomic E-state index is 13.1. The largest absolute Gasteiger partial charge is 0.368 e. The van der Waals surface area contributed by atoms with Gasteiger partial charge in [-0.15, -0.1) is 11.3 Å². The summed E-state index contributed by atoms with van der Waals surface area (Å²) in [6.45, 7) is 1.87. The molecule has 0 unspecified atom stereocenters. The molecule has 4 rings (SSSR count). The van der Waals surface area contributed by atoms with E-state index in [1.54, 1.807) is 11.0 Å². The number of carbonyl (C=O) groups is 2. The molecule has 2 N–H and O–H groups in total. The Kier molecular flexibility index (Phi) is 3.62. The van der Waals surface area contributed by atoms with Gasteiger partial charge in [0.25, 0.3) is 5.91 Å². The molecule has 0 radical (unpaired) electrons. The number of fused-ring (bicyclic) bond motifs is 1. The summed E-state index contributed by atoms with van der Waals surface area (Å²) in [6, 6.07) is 6.98. The van der Waals surface area contributed by atoms with Crippen LogP contribution in [0.1, 0.15) is 28.3 Å². The third-order valence-corrected chi connectivity index (χ3v) is 5.95. The van der Waals surface area contributed by atoms with Crippen LogP contribution in [0.2, 0.25) is 5.02 Å². The molecular formula is C17H16ClN3O2S. The SMILES string of the molecule is Cc1nc(C(=O)N2[C@H](C(N)=O)C[C@H]3C[C@@H]32)c(-c2cccc(Cl)c2)s1. The average molecular weight is 362 g/mol. The summed E-state index contributed by atoms with van der Waals surface area (Å²) in [7, 11) is 0. The minimum atomic E-state index is -0.518. The van der Waals surface area contributed by atoms with Gasteiger partial charge >= 0.3 is 0 Å². The number of nitrogens with two attached hydrogens (primary N) is 1. The third-order valence-electron chi connectivity index (χ3n) is 4.69. The Morgan fingerprint density at radius 3 is 2.88 bits per heavy atom. The second-order valence-electron chi connectivity index (χ2n) is 6.35. The van der Waals surface area contributed by atoms with Gasteiger partial charge in [0, 0.05) is 11.1 Å². The fourth-order valence-electron chi connectivity index (χ4n) is 3.52. The number of likely N-dealkylation sites (tertiary alicyclic amines) is 1. The first-order valence-electron chi connectivity index (χ1n) is 7.81. The Balaban J connectivity index is 1.74. The number of carbonyl (C=O) groups excluding carboxylic acids is 2. The van der Waals surface area contributed by atoms with E-state index in [1.165, 1.54) is 11.3 Å². The minimum absolute atomic E-state index is 0.129. The Hall–Kier alpha value is -1.92. The first kappa shape index (κ1) is 15.6. The molecule has 1 aromatic carbocycles. The summed E-state index contributed by atoms with van der Waals surface area (Å²) >= 11 is 7.54. The molecule has 1 saturated heterocycles. The molecule has 2 heterocycles. The van der Waals surface area contributed by atoms with E-state index in [0.29, 0.717) is 23.1 Å². The van der Waals surface area contributed by atoms with E-state index in [9.17, 15) is 9.59 Å². The lowest BCUT2D eigenvalue weighted by Crippen LogP contribution is -2.46. The highest BCUT2D eigenvalue weighted by Crippen LogP contribution is 2.48. The van der Waals surface area contributed by atoms with Crippen LogP contribution < -0.4 is 5.73 Å². The molecule has 0 bridgehead atoms. The quantitative estimate of drug-likeness (QED) is 0.913. The molecule has 1 aromatic heterocycles. The molecule has 1 saturated carbocycles. The van der Waals surface area contributed by atoms with Gasteiger partial charge in [-0.2, -0.15) is 0 Å². The Labute approximate surface area is 148 Å². The molecular weight excluding hydrogens is 346 g/mol. The van der Waals surface area contributed by atoms with Crippen molar-refractivity contribution in [2.75, 3.05) is 0 Å². The fraction of sp³-hybridized carbons (Fsp3) is 0.353. The highest BCUT2D eigenvalue weighted by atomic mass is 35.5. The molecule has 124 valence electrons. The summed E-state index contributed by atoms with van der Waals surface area (Å²) < 4.78 is 0. The van der Waals surface area contributed by atoms with E-state index in [-0.39, 0.29) is 11.9 Å². The van der Waals surface area contributed by atoms with Crippen LogP contribution in [0.15, 0.2) is 24.3 Å². The van der Waals surface area contributed by atoms with Crippen molar-refractivity contribution in [3.8, 4) is 10.4 Å². The van der Waals surface area contributed by atoms with Gasteiger partial charge < -0.3 is 10.6 Å². The number of halogens is 1. The van der Waals surface area contributed by atoms with Gasteiger partial charge in [-0.1, -0.05) is 23.7 Å². The van der Waals surface area contributed by atoms with E-state index >= 15 is 0 Å². The van der Waals surface area contributed by atoms with Crippen LogP contribution in [0, 0.1) is 12.8 Å². The molecule has 7 heteroatoms. The van der Waals surface area contributed by atoms with E-state index < -0.39 is 11.9 Å². The Morgan fingerprint density at radius 1 is 1.38 bits per heavy atom. The summed E-state index contributed by atoms with van der Waals surface area (Å²) in [5.74, 6) is -0.240. The number of hydrogen-bond donors (Lipinski definition) is 1. The standard InChI is InChI=1S/C17H16ClN3O2S/c1-8-20-14(15(24-8)9-3-2-4-11(18)5-9)17(23)21-12-6-10(12)7-13(21)16(19)22/h2-5,10,12-13H,6-7H2,1H3,(H2,19,22)/t10-,12+,13+/m1/s1. The molecule has 2 aromatic rings. The van der Waals surface area contributed by atoms with Crippen LogP contribution in [0.5, 0.6) is 0 Å². The summed E-state index contributed by atoms with van der Waals surface area (Å²) in [5.41, 5.74) is 6.74. The third kappa shape index (κ3) is 2.50. The summed E-state index contributed by atoms with van der Waals surface area (Å²) in [6.07, 6.45) is 1.62. The van der Waals surface area contributed by atoms with Gasteiger partial charge in [0.05, 0.1) is 9.88 Å². The van der Waals surface area contributed by atoms with Gasteiger partial charge in [0.1, 0.15) is 11.7 Å². The molecule has 3 atom stereocenters. The molecule has 2 amide bonds. The van der Waals surface area contributed by atoms with Crippen LogP contribution in [0.4, 0.5) is 0 Å². The van der Waals surface area contributed by atoms with Crippen molar-refractivity contribution in [1.29, 1.82) is 0 Å². The number of piperidine rings is 1. The lowest BCUT2D eigenvalue weighted by molar-refractivity contribution is -0.122. The van der Waals surface area contributed by atoms with Crippen molar-refractivity contribution in [2.45, 2.75) is 31.8 Å².